The van der Waals surface area contributed by atoms with E-state index in [2.05, 4.69) is 11.8 Å². The summed E-state index contributed by atoms with van der Waals surface area (Å²) in [6.45, 7) is -0.178. The normalized spacial score (nSPS) is 8.76. The summed E-state index contributed by atoms with van der Waals surface area (Å²) in [7, 11) is 0. The Labute approximate surface area is 98.9 Å². The van der Waals surface area contributed by atoms with Crippen LogP contribution in [0.15, 0.2) is 24.3 Å². The second-order valence-electron chi connectivity index (χ2n) is 3.02. The van der Waals surface area contributed by atoms with E-state index in [1.807, 2.05) is 5.43 Å². The molecule has 0 aliphatic carbocycles. The minimum absolute atomic E-state index is 0.164. The first-order valence-electron chi connectivity index (χ1n) is 4.91. The van der Waals surface area contributed by atoms with Crippen LogP contribution in [0.2, 0.25) is 0 Å². The van der Waals surface area contributed by atoms with Crippen LogP contribution in [0.4, 0.5) is 0 Å². The average molecular weight is 232 g/mol. The van der Waals surface area contributed by atoms with Crippen LogP contribution in [0.1, 0.15) is 12.0 Å². The third kappa shape index (κ3) is 4.36. The first-order valence-corrected chi connectivity index (χ1v) is 4.91. The van der Waals surface area contributed by atoms with E-state index in [0.29, 0.717) is 11.3 Å². The van der Waals surface area contributed by atoms with Crippen LogP contribution in [0.3, 0.4) is 0 Å². The number of rotatable bonds is 4. The molecule has 0 aromatic heterocycles. The third-order valence-corrected chi connectivity index (χ3v) is 1.82. The van der Waals surface area contributed by atoms with Gasteiger partial charge in [-0.05, 0) is 12.1 Å². The zero-order valence-corrected chi connectivity index (χ0v) is 9.10. The molecule has 0 atom stereocenters. The molecule has 0 fully saturated rings. The fourth-order valence-corrected chi connectivity index (χ4v) is 1.07. The predicted octanol–water partition coefficient (Wildman–Crippen LogP) is -0.00420. The number of carbonyl (C=O) groups excluding carboxylic acids is 2. The molecule has 0 bridgehead atoms. The number of carbonyl (C=O) groups is 2. The number of para-hydroxylation sites is 1. The molecule has 5 heteroatoms. The lowest BCUT2D eigenvalue weighted by atomic mass is 10.2. The molecule has 1 aromatic rings. The summed E-state index contributed by atoms with van der Waals surface area (Å²) in [4.78, 5) is 21.0. The monoisotopic (exact) mass is 232 g/mol. The van der Waals surface area contributed by atoms with E-state index in [0.717, 1.165) is 6.29 Å². The van der Waals surface area contributed by atoms with Crippen molar-refractivity contribution in [2.24, 2.45) is 5.84 Å². The number of hydrogen-bond acceptors (Lipinski definition) is 4. The molecule has 0 heterocycles. The van der Waals surface area contributed by atoms with Crippen LogP contribution in [0, 0.1) is 11.8 Å². The lowest BCUT2D eigenvalue weighted by Crippen LogP contribution is -2.34. The minimum Gasteiger partial charge on any atom is -0.482 e. The molecule has 0 saturated heterocycles. The summed E-state index contributed by atoms with van der Waals surface area (Å²) in [6, 6.07) is 6.99. The smallest absolute Gasteiger partial charge is 0.271 e. The maximum atomic E-state index is 10.9. The van der Waals surface area contributed by atoms with Gasteiger partial charge in [0.2, 0.25) is 0 Å². The number of nitrogens with two attached hydrogens (primary N) is 1. The highest BCUT2D eigenvalue weighted by Crippen LogP contribution is 2.16. The van der Waals surface area contributed by atoms with Crippen molar-refractivity contribution in [1.82, 2.24) is 5.43 Å². The highest BCUT2D eigenvalue weighted by molar-refractivity contribution is 5.76. The van der Waals surface area contributed by atoms with Gasteiger partial charge in [0, 0.05) is 0 Å². The van der Waals surface area contributed by atoms with Crippen molar-refractivity contribution >= 4 is 12.2 Å². The average Bonchev–Trinajstić information content (AvgIpc) is 2.37. The highest BCUT2D eigenvalue weighted by atomic mass is 16.5. The molecule has 0 aliphatic rings. The Morgan fingerprint density at radius 1 is 1.47 bits per heavy atom. The standard InChI is InChI=1S/C12H12N2O3/c13-14-12(16)9-17-11-7-2-1-5-10(11)6-3-4-8-15/h1-2,5,7-8H,4,9,13H2,(H,14,16). The molecule has 1 rings (SSSR count). The van der Waals surface area contributed by atoms with Gasteiger partial charge < -0.3 is 9.53 Å². The number of amides is 1. The van der Waals surface area contributed by atoms with Crippen LogP contribution in [-0.4, -0.2) is 18.8 Å². The number of hydrazine groups is 1. The Bertz CT molecular complexity index is 460. The molecule has 5 nitrogen and oxygen atoms in total. The summed E-state index contributed by atoms with van der Waals surface area (Å²) in [6.07, 6.45) is 0.885. The topological polar surface area (TPSA) is 81.4 Å². The van der Waals surface area contributed by atoms with Crippen molar-refractivity contribution in [2.75, 3.05) is 6.61 Å². The maximum Gasteiger partial charge on any atom is 0.271 e. The molecular weight excluding hydrogens is 220 g/mol. The largest absolute Gasteiger partial charge is 0.482 e. The van der Waals surface area contributed by atoms with E-state index < -0.39 is 5.91 Å². The van der Waals surface area contributed by atoms with E-state index in [-0.39, 0.29) is 13.0 Å². The summed E-state index contributed by atoms with van der Waals surface area (Å²) < 4.78 is 5.24. The first kappa shape index (κ1) is 12.7. The molecule has 0 aliphatic heterocycles. The number of benzene rings is 1. The zero-order valence-electron chi connectivity index (χ0n) is 9.10. The van der Waals surface area contributed by atoms with Crippen LogP contribution in [-0.2, 0) is 9.59 Å². The van der Waals surface area contributed by atoms with Crippen molar-refractivity contribution < 1.29 is 14.3 Å². The van der Waals surface area contributed by atoms with E-state index in [1.165, 1.54) is 0 Å². The number of hydrogen-bond donors (Lipinski definition) is 2. The van der Waals surface area contributed by atoms with Gasteiger partial charge in [-0.1, -0.05) is 24.0 Å². The second kappa shape index (κ2) is 7.04. The van der Waals surface area contributed by atoms with Gasteiger partial charge in [0.25, 0.3) is 5.91 Å². The summed E-state index contributed by atoms with van der Waals surface area (Å²) >= 11 is 0. The van der Waals surface area contributed by atoms with E-state index >= 15 is 0 Å². The van der Waals surface area contributed by atoms with Gasteiger partial charge >= 0.3 is 0 Å². The van der Waals surface area contributed by atoms with Crippen molar-refractivity contribution in [2.45, 2.75) is 6.42 Å². The quantitative estimate of drug-likeness (QED) is 0.252. The Morgan fingerprint density at radius 3 is 2.94 bits per heavy atom. The third-order valence-electron chi connectivity index (χ3n) is 1.82. The Balaban J connectivity index is 2.74. The van der Waals surface area contributed by atoms with Crippen LogP contribution in [0.5, 0.6) is 5.75 Å². The highest BCUT2D eigenvalue weighted by Gasteiger charge is 2.03. The summed E-state index contributed by atoms with van der Waals surface area (Å²) in [5.41, 5.74) is 2.58. The molecule has 1 amide bonds. The molecule has 17 heavy (non-hydrogen) atoms. The van der Waals surface area contributed by atoms with E-state index in [1.54, 1.807) is 24.3 Å². The summed E-state index contributed by atoms with van der Waals surface area (Å²) in [5.74, 6) is 10.4. The zero-order chi connectivity index (χ0) is 12.5. The number of aldehydes is 1. The molecule has 0 radical (unpaired) electrons. The molecule has 88 valence electrons. The maximum absolute atomic E-state index is 10.9. The summed E-state index contributed by atoms with van der Waals surface area (Å²) in [5, 5.41) is 0. The van der Waals surface area contributed by atoms with E-state index in [4.69, 9.17) is 10.6 Å². The minimum atomic E-state index is -0.430. The Kier molecular flexibility index (Phi) is 5.28. The van der Waals surface area contributed by atoms with Gasteiger partial charge in [0.05, 0.1) is 12.0 Å². The van der Waals surface area contributed by atoms with Crippen molar-refractivity contribution in [1.29, 1.82) is 0 Å². The van der Waals surface area contributed by atoms with Crippen molar-refractivity contribution in [3.63, 3.8) is 0 Å². The van der Waals surface area contributed by atoms with Gasteiger partial charge in [-0.3, -0.25) is 10.2 Å². The van der Waals surface area contributed by atoms with Gasteiger partial charge in [0.1, 0.15) is 12.0 Å². The lowest BCUT2D eigenvalue weighted by Gasteiger charge is -2.06. The van der Waals surface area contributed by atoms with Gasteiger partial charge in [0.15, 0.2) is 6.61 Å². The molecule has 0 unspecified atom stereocenters. The molecule has 1 aromatic carbocycles. The second-order valence-corrected chi connectivity index (χ2v) is 3.02. The molecule has 3 N–H and O–H groups in total. The van der Waals surface area contributed by atoms with Crippen molar-refractivity contribution in [3.8, 4) is 17.6 Å². The fourth-order valence-electron chi connectivity index (χ4n) is 1.07. The van der Waals surface area contributed by atoms with E-state index in [9.17, 15) is 9.59 Å². The van der Waals surface area contributed by atoms with Crippen LogP contribution >= 0.6 is 0 Å². The molecule has 0 saturated carbocycles. The molecular formula is C12H12N2O3. The number of nitrogens with one attached hydrogen (secondary N) is 1. The Hall–Kier alpha value is -2.32. The van der Waals surface area contributed by atoms with Gasteiger partial charge in [-0.15, -0.1) is 0 Å². The fraction of sp³-hybridized carbons (Fsp3) is 0.167. The van der Waals surface area contributed by atoms with Crippen LogP contribution < -0.4 is 16.0 Å². The van der Waals surface area contributed by atoms with Crippen molar-refractivity contribution in [3.05, 3.63) is 29.8 Å². The molecule has 0 spiro atoms. The first-order chi connectivity index (χ1) is 8.27. The number of ether oxygens (including phenoxy) is 1. The SMILES string of the molecule is NNC(=O)COc1ccccc1C#CCC=O. The van der Waals surface area contributed by atoms with Gasteiger partial charge in [-0.2, -0.15) is 0 Å². The Morgan fingerprint density at radius 2 is 2.24 bits per heavy atom. The van der Waals surface area contributed by atoms with Gasteiger partial charge in [-0.25, -0.2) is 5.84 Å². The lowest BCUT2D eigenvalue weighted by molar-refractivity contribution is -0.123. The predicted molar refractivity (Wildman–Crippen MR) is 61.8 cm³/mol. The van der Waals surface area contributed by atoms with Crippen LogP contribution in [0.25, 0.3) is 0 Å².